The van der Waals surface area contributed by atoms with Gasteiger partial charge in [0, 0.05) is 16.6 Å². The highest BCUT2D eigenvalue weighted by Crippen LogP contribution is 2.22. The molecule has 0 fully saturated rings. The number of carbonyl (C=O) groups is 2. The van der Waals surface area contributed by atoms with Crippen LogP contribution in [0.4, 0.5) is 10.1 Å². The summed E-state index contributed by atoms with van der Waals surface area (Å²) in [4.78, 5) is 24.7. The van der Waals surface area contributed by atoms with Gasteiger partial charge in [0.15, 0.2) is 6.61 Å². The molecule has 0 heterocycles. The van der Waals surface area contributed by atoms with Crippen LogP contribution in [0, 0.1) is 5.82 Å². The molecule has 0 saturated heterocycles. The SMILES string of the molecule is O=C(COc1ccccc1C(=O)NCCc1ccc(Cl)cc1Cl)Nc1ccccc1F. The van der Waals surface area contributed by atoms with Crippen molar-refractivity contribution in [1.29, 1.82) is 0 Å². The van der Waals surface area contributed by atoms with E-state index in [9.17, 15) is 14.0 Å². The molecule has 160 valence electrons. The van der Waals surface area contributed by atoms with Gasteiger partial charge in [-0.1, -0.05) is 53.5 Å². The summed E-state index contributed by atoms with van der Waals surface area (Å²) in [6.07, 6.45) is 0.524. The molecule has 0 unspecified atom stereocenters. The van der Waals surface area contributed by atoms with E-state index >= 15 is 0 Å². The van der Waals surface area contributed by atoms with Gasteiger partial charge < -0.3 is 15.4 Å². The fraction of sp³-hybridized carbons (Fsp3) is 0.130. The summed E-state index contributed by atoms with van der Waals surface area (Å²) in [5, 5.41) is 6.31. The largest absolute Gasteiger partial charge is 0.483 e. The third-order valence-corrected chi connectivity index (χ3v) is 4.92. The van der Waals surface area contributed by atoms with Gasteiger partial charge in [-0.3, -0.25) is 9.59 Å². The molecule has 0 spiro atoms. The second kappa shape index (κ2) is 10.8. The van der Waals surface area contributed by atoms with E-state index in [0.29, 0.717) is 23.0 Å². The number of carbonyl (C=O) groups excluding carboxylic acids is 2. The maximum Gasteiger partial charge on any atom is 0.262 e. The van der Waals surface area contributed by atoms with Crippen molar-refractivity contribution in [3.05, 3.63) is 93.7 Å². The number of hydrogen-bond acceptors (Lipinski definition) is 3. The normalized spacial score (nSPS) is 10.4. The number of rotatable bonds is 8. The van der Waals surface area contributed by atoms with Gasteiger partial charge in [0.2, 0.25) is 0 Å². The van der Waals surface area contributed by atoms with Crippen molar-refractivity contribution in [2.45, 2.75) is 6.42 Å². The smallest absolute Gasteiger partial charge is 0.262 e. The van der Waals surface area contributed by atoms with Crippen molar-refractivity contribution in [2.24, 2.45) is 0 Å². The third kappa shape index (κ3) is 6.44. The number of nitrogens with one attached hydrogen (secondary N) is 2. The Morgan fingerprint density at radius 3 is 2.48 bits per heavy atom. The Balaban J connectivity index is 1.56. The maximum absolute atomic E-state index is 13.6. The van der Waals surface area contributed by atoms with E-state index in [-0.39, 0.29) is 29.5 Å². The Bertz CT molecular complexity index is 1090. The van der Waals surface area contributed by atoms with Crippen LogP contribution in [-0.2, 0) is 11.2 Å². The monoisotopic (exact) mass is 460 g/mol. The molecule has 0 aliphatic carbocycles. The van der Waals surface area contributed by atoms with Crippen LogP contribution >= 0.6 is 23.2 Å². The highest BCUT2D eigenvalue weighted by atomic mass is 35.5. The van der Waals surface area contributed by atoms with Gasteiger partial charge >= 0.3 is 0 Å². The number of amides is 2. The molecule has 31 heavy (non-hydrogen) atoms. The molecule has 5 nitrogen and oxygen atoms in total. The van der Waals surface area contributed by atoms with E-state index < -0.39 is 11.7 Å². The zero-order valence-corrected chi connectivity index (χ0v) is 17.8. The molecule has 2 amide bonds. The quantitative estimate of drug-likeness (QED) is 0.489. The van der Waals surface area contributed by atoms with Crippen LogP contribution in [-0.4, -0.2) is 25.0 Å². The van der Waals surface area contributed by atoms with Crippen LogP contribution in [0.25, 0.3) is 0 Å². The third-order valence-electron chi connectivity index (χ3n) is 4.33. The van der Waals surface area contributed by atoms with Crippen molar-refractivity contribution in [3.63, 3.8) is 0 Å². The molecular weight excluding hydrogens is 442 g/mol. The first kappa shape index (κ1) is 22.6. The molecule has 2 N–H and O–H groups in total. The average molecular weight is 461 g/mol. The Hall–Kier alpha value is -3.09. The van der Waals surface area contributed by atoms with E-state index in [4.69, 9.17) is 27.9 Å². The van der Waals surface area contributed by atoms with Crippen molar-refractivity contribution in [3.8, 4) is 5.75 Å². The molecule has 0 aromatic heterocycles. The van der Waals surface area contributed by atoms with Gasteiger partial charge in [-0.15, -0.1) is 0 Å². The first-order valence-electron chi connectivity index (χ1n) is 9.42. The van der Waals surface area contributed by atoms with Crippen molar-refractivity contribution in [1.82, 2.24) is 5.32 Å². The molecule has 3 rings (SSSR count). The van der Waals surface area contributed by atoms with Gasteiger partial charge in [0.05, 0.1) is 11.3 Å². The van der Waals surface area contributed by atoms with Crippen molar-refractivity contribution < 1.29 is 18.7 Å². The van der Waals surface area contributed by atoms with Gasteiger partial charge in [0.25, 0.3) is 11.8 Å². The lowest BCUT2D eigenvalue weighted by atomic mass is 10.1. The maximum atomic E-state index is 13.6. The minimum atomic E-state index is -0.545. The van der Waals surface area contributed by atoms with E-state index in [2.05, 4.69) is 10.6 Å². The van der Waals surface area contributed by atoms with Crippen LogP contribution in [0.15, 0.2) is 66.7 Å². The zero-order chi connectivity index (χ0) is 22.2. The summed E-state index contributed by atoms with van der Waals surface area (Å²) in [5.74, 6) is -1.20. The molecule has 3 aromatic carbocycles. The fourth-order valence-corrected chi connectivity index (χ4v) is 3.31. The second-order valence-corrected chi connectivity index (χ2v) is 7.40. The second-order valence-electron chi connectivity index (χ2n) is 6.55. The molecule has 3 aromatic rings. The Morgan fingerprint density at radius 2 is 1.71 bits per heavy atom. The molecule has 0 radical (unpaired) electrons. The number of hydrogen-bond donors (Lipinski definition) is 2. The highest BCUT2D eigenvalue weighted by molar-refractivity contribution is 6.35. The summed E-state index contributed by atoms with van der Waals surface area (Å²) in [6, 6.07) is 17.6. The van der Waals surface area contributed by atoms with E-state index in [1.165, 1.54) is 18.2 Å². The minimum Gasteiger partial charge on any atom is -0.483 e. The number of ether oxygens (including phenoxy) is 1. The lowest BCUT2D eigenvalue weighted by Crippen LogP contribution is -2.27. The van der Waals surface area contributed by atoms with Crippen LogP contribution in [0.2, 0.25) is 10.0 Å². The molecule has 0 atom stereocenters. The fourth-order valence-electron chi connectivity index (χ4n) is 2.80. The molecule has 0 aliphatic rings. The Labute approximate surface area is 189 Å². The predicted octanol–water partition coefficient (Wildman–Crippen LogP) is 5.12. The first-order chi connectivity index (χ1) is 14.9. The van der Waals surface area contributed by atoms with E-state index in [0.717, 1.165) is 5.56 Å². The Kier molecular flexibility index (Phi) is 7.87. The lowest BCUT2D eigenvalue weighted by molar-refractivity contribution is -0.118. The van der Waals surface area contributed by atoms with Crippen molar-refractivity contribution in [2.75, 3.05) is 18.5 Å². The molecule has 0 aliphatic heterocycles. The zero-order valence-electron chi connectivity index (χ0n) is 16.3. The summed E-state index contributed by atoms with van der Waals surface area (Å²) >= 11 is 12.0. The predicted molar refractivity (Wildman–Crippen MR) is 119 cm³/mol. The topological polar surface area (TPSA) is 67.4 Å². The van der Waals surface area contributed by atoms with E-state index in [1.807, 2.05) is 6.07 Å². The molecule has 8 heteroatoms. The van der Waals surface area contributed by atoms with Gasteiger partial charge in [-0.2, -0.15) is 0 Å². The van der Waals surface area contributed by atoms with Gasteiger partial charge in [-0.25, -0.2) is 4.39 Å². The molecule has 0 saturated carbocycles. The van der Waals surface area contributed by atoms with Crippen LogP contribution in [0.3, 0.4) is 0 Å². The number of benzene rings is 3. The summed E-state index contributed by atoms with van der Waals surface area (Å²) in [7, 11) is 0. The van der Waals surface area contributed by atoms with Crippen molar-refractivity contribution >= 4 is 40.7 Å². The molecular formula is C23H19Cl2FN2O3. The van der Waals surface area contributed by atoms with Gasteiger partial charge in [-0.05, 0) is 48.4 Å². The van der Waals surface area contributed by atoms with Crippen LogP contribution < -0.4 is 15.4 Å². The van der Waals surface area contributed by atoms with Crippen LogP contribution in [0.5, 0.6) is 5.75 Å². The summed E-state index contributed by atoms with van der Waals surface area (Å²) in [5.41, 5.74) is 1.20. The average Bonchev–Trinajstić information content (AvgIpc) is 2.75. The number of para-hydroxylation sites is 2. The van der Waals surface area contributed by atoms with E-state index in [1.54, 1.807) is 42.5 Å². The van der Waals surface area contributed by atoms with Gasteiger partial charge in [0.1, 0.15) is 11.6 Å². The number of halogens is 3. The number of anilines is 1. The standard InChI is InChI=1S/C23H19Cl2FN2O3/c24-16-10-9-15(18(25)13-16)11-12-27-23(30)17-5-1-4-8-21(17)31-14-22(29)28-20-7-3-2-6-19(20)26/h1-10,13H,11-12,14H2,(H,27,30)(H,28,29). The minimum absolute atomic E-state index is 0.0583. The summed E-state index contributed by atoms with van der Waals surface area (Å²) < 4.78 is 19.1. The summed E-state index contributed by atoms with van der Waals surface area (Å²) in [6.45, 7) is -0.0265. The highest BCUT2D eigenvalue weighted by Gasteiger charge is 2.14. The lowest BCUT2D eigenvalue weighted by Gasteiger charge is -2.12. The Morgan fingerprint density at radius 1 is 0.968 bits per heavy atom. The first-order valence-corrected chi connectivity index (χ1v) is 10.2. The molecule has 0 bridgehead atoms. The van der Waals surface area contributed by atoms with Crippen LogP contribution in [0.1, 0.15) is 15.9 Å².